The third-order valence-electron chi connectivity index (χ3n) is 15.1. The van der Waals surface area contributed by atoms with Gasteiger partial charge >= 0.3 is 0 Å². The number of para-hydroxylation sites is 1. The van der Waals surface area contributed by atoms with E-state index in [0.717, 1.165) is 134 Å². The topological polar surface area (TPSA) is 51.8 Å². The van der Waals surface area contributed by atoms with Crippen LogP contribution in [-0.4, -0.2) is 15.0 Å². The summed E-state index contributed by atoms with van der Waals surface area (Å²) in [6, 6.07) is 99.4. The Hall–Kier alpha value is -10.6. The Bertz CT molecular complexity index is 4330. The molecule has 0 atom stereocenters. The van der Waals surface area contributed by atoms with Crippen LogP contribution in [-0.2, 0) is 0 Å². The number of rotatable bonds is 11. The summed E-state index contributed by atoms with van der Waals surface area (Å²) in [5.74, 6) is 0. The summed E-state index contributed by atoms with van der Waals surface area (Å²) in [4.78, 5) is 14.2. The van der Waals surface area contributed by atoms with Crippen LogP contribution < -0.4 is 0 Å². The van der Waals surface area contributed by atoms with Gasteiger partial charge in [0.2, 0.25) is 0 Å². The standard InChI is InChI=1S/C75H49N3O/c1-2-14-50(15-3-1)51-24-26-52(27-25-51)59-42-45-78-72(49-59)57-36-38-58(39-37-57)74-67(40-41-69-68-20-8-9-23-73(68)79-75(69)74)62-47-60(65-18-6-4-16-63(65)53-28-32-55(33-29-53)70-21-10-12-43-76-70)46-61(48-62)66-19-7-5-17-64(66)54-30-34-56(35-31-54)71-22-11-13-44-77-71/h1-49H. The van der Waals surface area contributed by atoms with Crippen molar-refractivity contribution in [2.45, 2.75) is 0 Å². The van der Waals surface area contributed by atoms with Gasteiger partial charge in [0.15, 0.2) is 0 Å². The highest BCUT2D eigenvalue weighted by Gasteiger charge is 2.21. The Labute approximate surface area is 459 Å². The van der Waals surface area contributed by atoms with Crippen LogP contribution in [0, 0.1) is 0 Å². The Balaban J connectivity index is 0.917. The van der Waals surface area contributed by atoms with Crippen LogP contribution in [0.2, 0.25) is 0 Å². The monoisotopic (exact) mass is 1010 g/mol. The van der Waals surface area contributed by atoms with Gasteiger partial charge in [-0.15, -0.1) is 0 Å². The molecule has 14 rings (SSSR count). The number of nitrogens with zero attached hydrogens (tertiary/aromatic N) is 3. The van der Waals surface area contributed by atoms with E-state index < -0.39 is 0 Å². The molecule has 0 saturated carbocycles. The maximum atomic E-state index is 6.96. The molecule has 4 nitrogen and oxygen atoms in total. The Kier molecular flexibility index (Phi) is 12.2. The quantitative estimate of drug-likeness (QED) is 0.130. The number of benzene rings is 10. The van der Waals surface area contributed by atoms with Crippen LogP contribution in [0.15, 0.2) is 302 Å². The molecule has 0 radical (unpaired) electrons. The van der Waals surface area contributed by atoms with Crippen LogP contribution in [0.5, 0.6) is 0 Å². The first-order valence-corrected chi connectivity index (χ1v) is 26.7. The van der Waals surface area contributed by atoms with Gasteiger partial charge in [-0.1, -0.05) is 212 Å². The molecule has 0 aliphatic carbocycles. The molecule has 0 aliphatic rings. The van der Waals surface area contributed by atoms with Gasteiger partial charge in [-0.2, -0.15) is 0 Å². The summed E-state index contributed by atoms with van der Waals surface area (Å²) >= 11 is 0. The van der Waals surface area contributed by atoms with E-state index in [1.165, 1.54) is 11.1 Å². The van der Waals surface area contributed by atoms with E-state index >= 15 is 0 Å². The maximum absolute atomic E-state index is 6.96. The number of hydrogen-bond donors (Lipinski definition) is 0. The van der Waals surface area contributed by atoms with Crippen molar-refractivity contribution in [1.82, 2.24) is 15.0 Å². The lowest BCUT2D eigenvalue weighted by atomic mass is 9.85. The normalized spacial score (nSPS) is 11.3. The minimum absolute atomic E-state index is 0.847. The van der Waals surface area contributed by atoms with Gasteiger partial charge in [0.1, 0.15) is 11.2 Å². The molecule has 4 heterocycles. The van der Waals surface area contributed by atoms with Crippen molar-refractivity contribution >= 4 is 21.9 Å². The molecule has 0 bridgehead atoms. The average Bonchev–Trinajstić information content (AvgIpc) is 3.97. The second-order valence-corrected chi connectivity index (χ2v) is 19.9. The molecule has 14 aromatic rings. The van der Waals surface area contributed by atoms with Gasteiger partial charge in [0, 0.05) is 51.6 Å². The first-order chi connectivity index (χ1) is 39.1. The largest absolute Gasteiger partial charge is 0.455 e. The van der Waals surface area contributed by atoms with Gasteiger partial charge in [-0.25, -0.2) is 0 Å². The highest BCUT2D eigenvalue weighted by atomic mass is 16.3. The van der Waals surface area contributed by atoms with Crippen LogP contribution in [0.4, 0.5) is 0 Å². The summed E-state index contributed by atoms with van der Waals surface area (Å²) in [6.45, 7) is 0. The fourth-order valence-electron chi connectivity index (χ4n) is 11.2. The second kappa shape index (κ2) is 20.5. The van der Waals surface area contributed by atoms with E-state index in [9.17, 15) is 0 Å². The van der Waals surface area contributed by atoms with Crippen molar-refractivity contribution in [3.05, 3.63) is 298 Å². The Morgan fingerprint density at radius 2 is 0.633 bits per heavy atom. The second-order valence-electron chi connectivity index (χ2n) is 19.9. The lowest BCUT2D eigenvalue weighted by molar-refractivity contribution is 0.670. The summed E-state index contributed by atoms with van der Waals surface area (Å²) < 4.78 is 6.96. The van der Waals surface area contributed by atoms with E-state index in [1.54, 1.807) is 0 Å². The van der Waals surface area contributed by atoms with E-state index in [1.807, 2.05) is 48.9 Å². The minimum atomic E-state index is 0.847. The van der Waals surface area contributed by atoms with Crippen molar-refractivity contribution in [1.29, 1.82) is 0 Å². The number of hydrogen-bond acceptors (Lipinski definition) is 4. The summed E-state index contributed by atoms with van der Waals surface area (Å²) in [5, 5.41) is 2.15. The molecule has 10 aromatic carbocycles. The van der Waals surface area contributed by atoms with Gasteiger partial charge < -0.3 is 4.42 Å². The lowest BCUT2D eigenvalue weighted by Gasteiger charge is -2.18. The van der Waals surface area contributed by atoms with E-state index in [0.29, 0.717) is 0 Å². The lowest BCUT2D eigenvalue weighted by Crippen LogP contribution is -1.93. The number of pyridine rings is 3. The molecule has 370 valence electrons. The molecule has 4 aromatic heterocycles. The predicted molar refractivity (Wildman–Crippen MR) is 327 cm³/mol. The smallest absolute Gasteiger partial charge is 0.143 e. The fraction of sp³-hybridized carbons (Fsp3) is 0. The van der Waals surface area contributed by atoms with Gasteiger partial charge in [0.25, 0.3) is 0 Å². The fourth-order valence-corrected chi connectivity index (χ4v) is 11.2. The third-order valence-corrected chi connectivity index (χ3v) is 15.1. The molecule has 0 N–H and O–H groups in total. The van der Waals surface area contributed by atoms with E-state index in [4.69, 9.17) is 9.40 Å². The molecular weight excluding hydrogens is 959 g/mol. The van der Waals surface area contributed by atoms with Crippen molar-refractivity contribution in [3.8, 4) is 123 Å². The Morgan fingerprint density at radius 3 is 1.19 bits per heavy atom. The molecule has 4 heteroatoms. The first kappa shape index (κ1) is 46.9. The molecule has 79 heavy (non-hydrogen) atoms. The van der Waals surface area contributed by atoms with Crippen molar-refractivity contribution < 1.29 is 4.42 Å². The molecular formula is C75H49N3O. The zero-order valence-electron chi connectivity index (χ0n) is 43.0. The zero-order chi connectivity index (χ0) is 52.5. The minimum Gasteiger partial charge on any atom is -0.455 e. The Morgan fingerprint density at radius 1 is 0.215 bits per heavy atom. The highest BCUT2D eigenvalue weighted by Crippen LogP contribution is 2.46. The summed E-state index contributed by atoms with van der Waals surface area (Å²) in [5.41, 5.74) is 25.5. The third kappa shape index (κ3) is 9.18. The number of furan rings is 1. The SMILES string of the molecule is c1ccc(-c2ccc(-c3ccnc(-c4ccc(-c5c(-c6cc(-c7ccccc7-c7ccc(-c8ccccn8)cc7)cc(-c7ccccc7-c7ccc(-c8ccccn8)cc7)c6)ccc6c5oc5ccccc56)cc4)c3)cc2)cc1. The summed E-state index contributed by atoms with van der Waals surface area (Å²) in [7, 11) is 0. The van der Waals surface area contributed by atoms with Gasteiger partial charge in [0.05, 0.1) is 17.1 Å². The van der Waals surface area contributed by atoms with Crippen molar-refractivity contribution in [3.63, 3.8) is 0 Å². The van der Waals surface area contributed by atoms with Gasteiger partial charge in [-0.3, -0.25) is 15.0 Å². The summed E-state index contributed by atoms with van der Waals surface area (Å²) in [6.07, 6.45) is 5.59. The van der Waals surface area contributed by atoms with Crippen molar-refractivity contribution in [2.24, 2.45) is 0 Å². The maximum Gasteiger partial charge on any atom is 0.143 e. The van der Waals surface area contributed by atoms with E-state index in [2.05, 4.69) is 259 Å². The highest BCUT2D eigenvalue weighted by molar-refractivity contribution is 6.13. The van der Waals surface area contributed by atoms with Crippen LogP contribution in [0.3, 0.4) is 0 Å². The van der Waals surface area contributed by atoms with Gasteiger partial charge in [-0.05, 0) is 150 Å². The van der Waals surface area contributed by atoms with E-state index in [-0.39, 0.29) is 0 Å². The molecule has 0 saturated heterocycles. The molecule has 0 aliphatic heterocycles. The van der Waals surface area contributed by atoms with Crippen molar-refractivity contribution in [2.75, 3.05) is 0 Å². The average molecular weight is 1010 g/mol. The zero-order valence-corrected chi connectivity index (χ0v) is 43.0. The van der Waals surface area contributed by atoms with Crippen LogP contribution in [0.25, 0.3) is 145 Å². The molecule has 0 unspecified atom stereocenters. The molecule has 0 spiro atoms. The van der Waals surface area contributed by atoms with Crippen LogP contribution in [0.1, 0.15) is 0 Å². The predicted octanol–water partition coefficient (Wildman–Crippen LogP) is 20.1. The molecule has 0 amide bonds. The number of fused-ring (bicyclic) bond motifs is 3. The molecule has 0 fully saturated rings. The number of aromatic nitrogens is 3. The van der Waals surface area contributed by atoms with Crippen LogP contribution >= 0.6 is 0 Å². The first-order valence-electron chi connectivity index (χ1n) is 26.7.